The molecule has 0 fully saturated rings. The van der Waals surface area contributed by atoms with Gasteiger partial charge in [0.1, 0.15) is 0 Å². The lowest BCUT2D eigenvalue weighted by molar-refractivity contribution is -0.388. The van der Waals surface area contributed by atoms with E-state index in [4.69, 9.17) is 5.84 Å². The number of nitrogens with two attached hydrogens (primary N) is 1. The molecule has 2 rings (SSSR count). The van der Waals surface area contributed by atoms with E-state index in [-0.39, 0.29) is 20.5 Å². The Hall–Kier alpha value is -2.37. The van der Waals surface area contributed by atoms with Crippen LogP contribution in [-0.2, 0) is 6.18 Å². The zero-order chi connectivity index (χ0) is 15.8. The Morgan fingerprint density at radius 3 is 2.62 bits per heavy atom. The van der Waals surface area contributed by atoms with Gasteiger partial charge in [0.25, 0.3) is 5.82 Å². The maximum Gasteiger partial charge on any atom is 0.453 e. The first-order valence-corrected chi connectivity index (χ1v) is 6.09. The van der Waals surface area contributed by atoms with Crippen LogP contribution in [0.25, 0.3) is 0 Å². The highest BCUT2D eigenvalue weighted by molar-refractivity contribution is 7.99. The molecular formula is C9H7F3N6O2S. The van der Waals surface area contributed by atoms with E-state index >= 15 is 0 Å². The molecule has 0 atom stereocenters. The Kier molecular flexibility index (Phi) is 3.72. The second-order valence-electron chi connectivity index (χ2n) is 3.81. The van der Waals surface area contributed by atoms with Gasteiger partial charge in [0, 0.05) is 11.8 Å². The monoisotopic (exact) mass is 320 g/mol. The smallest absolute Gasteiger partial charge is 0.335 e. The molecule has 0 aliphatic heterocycles. The van der Waals surface area contributed by atoms with E-state index in [1.807, 2.05) is 0 Å². The molecule has 2 heterocycles. The minimum absolute atomic E-state index is 0.118. The first-order chi connectivity index (χ1) is 9.71. The van der Waals surface area contributed by atoms with E-state index in [1.54, 1.807) is 0 Å². The van der Waals surface area contributed by atoms with E-state index in [9.17, 15) is 23.3 Å². The first-order valence-electron chi connectivity index (χ1n) is 5.27. The van der Waals surface area contributed by atoms with Crippen LogP contribution in [0.5, 0.6) is 0 Å². The molecule has 0 unspecified atom stereocenters. The van der Waals surface area contributed by atoms with Gasteiger partial charge in [-0.25, -0.2) is 9.66 Å². The number of halogens is 3. The average molecular weight is 320 g/mol. The number of alkyl halides is 3. The molecule has 0 aliphatic rings. The molecule has 8 nitrogen and oxygen atoms in total. The van der Waals surface area contributed by atoms with Crippen LogP contribution in [0.1, 0.15) is 11.4 Å². The van der Waals surface area contributed by atoms with E-state index in [0.717, 1.165) is 0 Å². The van der Waals surface area contributed by atoms with Gasteiger partial charge in [0.05, 0.1) is 4.92 Å². The fourth-order valence-corrected chi connectivity index (χ4v) is 2.33. The Bertz CT molecular complexity index is 701. The zero-order valence-electron chi connectivity index (χ0n) is 10.3. The normalized spacial score (nSPS) is 11.6. The van der Waals surface area contributed by atoms with Crippen molar-refractivity contribution in [2.24, 2.45) is 0 Å². The van der Waals surface area contributed by atoms with E-state index in [0.29, 0.717) is 17.3 Å². The van der Waals surface area contributed by atoms with Gasteiger partial charge >= 0.3 is 11.9 Å². The molecule has 0 bridgehead atoms. The van der Waals surface area contributed by atoms with Crippen LogP contribution in [-0.4, -0.2) is 24.8 Å². The average Bonchev–Trinajstić information content (AvgIpc) is 2.70. The second-order valence-corrected chi connectivity index (χ2v) is 4.77. The fraction of sp³-hybridized carbons (Fsp3) is 0.222. The number of aryl methyl sites for hydroxylation is 1. The number of pyridine rings is 1. The van der Waals surface area contributed by atoms with E-state index in [1.165, 1.54) is 19.2 Å². The van der Waals surface area contributed by atoms with Crippen molar-refractivity contribution in [2.75, 3.05) is 5.84 Å². The van der Waals surface area contributed by atoms with Crippen LogP contribution in [0, 0.1) is 17.0 Å². The predicted molar refractivity (Wildman–Crippen MR) is 64.9 cm³/mol. The zero-order valence-corrected chi connectivity index (χ0v) is 11.1. The molecule has 2 aromatic heterocycles. The van der Waals surface area contributed by atoms with E-state index in [2.05, 4.69) is 15.2 Å². The molecule has 112 valence electrons. The van der Waals surface area contributed by atoms with Crippen LogP contribution in [0.2, 0.25) is 0 Å². The molecule has 2 N–H and O–H groups in total. The third-order valence-corrected chi connectivity index (χ3v) is 3.33. The number of rotatable bonds is 3. The van der Waals surface area contributed by atoms with Crippen molar-refractivity contribution in [1.82, 2.24) is 19.9 Å². The van der Waals surface area contributed by atoms with Gasteiger partial charge in [-0.3, -0.25) is 10.1 Å². The van der Waals surface area contributed by atoms with Crippen molar-refractivity contribution in [2.45, 2.75) is 23.3 Å². The predicted octanol–water partition coefficient (Wildman–Crippen LogP) is 1.77. The summed E-state index contributed by atoms with van der Waals surface area (Å²) in [6, 6.07) is 1.41. The summed E-state index contributed by atoms with van der Waals surface area (Å²) < 4.78 is 37.8. The Morgan fingerprint density at radius 1 is 1.43 bits per heavy atom. The van der Waals surface area contributed by atoms with Gasteiger partial charge in [-0.05, 0) is 24.8 Å². The molecule has 0 amide bonds. The van der Waals surface area contributed by atoms with Crippen molar-refractivity contribution in [3.8, 4) is 0 Å². The molecular weight excluding hydrogens is 313 g/mol. The minimum atomic E-state index is -4.77. The van der Waals surface area contributed by atoms with Crippen molar-refractivity contribution < 1.29 is 18.1 Å². The number of hydrogen-bond acceptors (Lipinski definition) is 7. The van der Waals surface area contributed by atoms with Crippen molar-refractivity contribution >= 4 is 17.4 Å². The number of nitrogens with zero attached hydrogens (tertiary/aromatic N) is 5. The van der Waals surface area contributed by atoms with E-state index < -0.39 is 16.9 Å². The van der Waals surface area contributed by atoms with Gasteiger partial charge in [-0.2, -0.15) is 13.2 Å². The van der Waals surface area contributed by atoms with Crippen molar-refractivity contribution in [1.29, 1.82) is 0 Å². The Balaban J connectivity index is 2.43. The first kappa shape index (κ1) is 15.0. The molecule has 0 spiro atoms. The number of nitrogen functional groups attached to an aromatic ring is 1. The summed E-state index contributed by atoms with van der Waals surface area (Å²) >= 11 is 0.532. The topological polar surface area (TPSA) is 113 Å². The third kappa shape index (κ3) is 2.89. The highest BCUT2D eigenvalue weighted by atomic mass is 32.2. The molecule has 12 heteroatoms. The van der Waals surface area contributed by atoms with Gasteiger partial charge in [-0.1, -0.05) is 0 Å². The number of nitro groups is 1. The lowest BCUT2D eigenvalue weighted by Gasteiger charge is -2.06. The SMILES string of the molecule is Cc1ccnc(Sc2nnc(C(F)(F)F)n2N)c1[N+](=O)[O-]. The summed E-state index contributed by atoms with van der Waals surface area (Å²) in [4.78, 5) is 14.1. The van der Waals surface area contributed by atoms with Crippen LogP contribution in [0.3, 0.4) is 0 Å². The summed E-state index contributed by atoms with van der Waals surface area (Å²) in [5, 5.41) is 16.7. The Labute approximate surface area is 119 Å². The lowest BCUT2D eigenvalue weighted by atomic mass is 10.3. The summed E-state index contributed by atoms with van der Waals surface area (Å²) in [7, 11) is 0. The molecule has 0 aromatic carbocycles. The number of aromatic nitrogens is 4. The summed E-state index contributed by atoms with van der Waals surface area (Å²) in [6.07, 6.45) is -3.47. The standard InChI is InChI=1S/C9H7F3N6O2S/c1-4-2-3-14-6(5(4)18(19)20)21-8-16-15-7(17(8)13)9(10,11)12/h2-3H,13H2,1H3. The largest absolute Gasteiger partial charge is 0.453 e. The third-order valence-electron chi connectivity index (χ3n) is 2.38. The lowest BCUT2D eigenvalue weighted by Crippen LogP contribution is -2.21. The van der Waals surface area contributed by atoms with Gasteiger partial charge in [0.2, 0.25) is 5.16 Å². The summed E-state index contributed by atoms with van der Waals surface area (Å²) in [6.45, 7) is 1.48. The van der Waals surface area contributed by atoms with Gasteiger partial charge in [0.15, 0.2) is 5.03 Å². The fourth-order valence-electron chi connectivity index (χ4n) is 1.45. The summed E-state index contributed by atoms with van der Waals surface area (Å²) in [5.41, 5.74) is -0.00399. The number of hydrogen-bond donors (Lipinski definition) is 1. The molecule has 0 saturated carbocycles. The summed E-state index contributed by atoms with van der Waals surface area (Å²) in [5.74, 6) is 3.85. The van der Waals surface area contributed by atoms with Crippen LogP contribution < -0.4 is 5.84 Å². The molecule has 0 saturated heterocycles. The maximum absolute atomic E-state index is 12.5. The maximum atomic E-state index is 12.5. The van der Waals surface area contributed by atoms with Crippen molar-refractivity contribution in [3.63, 3.8) is 0 Å². The second kappa shape index (κ2) is 5.20. The molecule has 0 radical (unpaired) electrons. The van der Waals surface area contributed by atoms with Gasteiger partial charge < -0.3 is 5.84 Å². The van der Waals surface area contributed by atoms with Gasteiger partial charge in [-0.15, -0.1) is 10.2 Å². The highest BCUT2D eigenvalue weighted by Gasteiger charge is 2.38. The highest BCUT2D eigenvalue weighted by Crippen LogP contribution is 2.35. The van der Waals surface area contributed by atoms with Crippen molar-refractivity contribution in [3.05, 3.63) is 33.8 Å². The molecule has 21 heavy (non-hydrogen) atoms. The van der Waals surface area contributed by atoms with Crippen LogP contribution in [0.4, 0.5) is 18.9 Å². The van der Waals surface area contributed by atoms with Crippen LogP contribution in [0.15, 0.2) is 22.4 Å². The molecule has 2 aromatic rings. The minimum Gasteiger partial charge on any atom is -0.335 e. The van der Waals surface area contributed by atoms with Crippen LogP contribution >= 0.6 is 11.8 Å². The quantitative estimate of drug-likeness (QED) is 0.521. The molecule has 0 aliphatic carbocycles. The Morgan fingerprint density at radius 2 is 2.10 bits per heavy atom.